The molecule has 2 aromatic heterocycles. The van der Waals surface area contributed by atoms with E-state index >= 15 is 0 Å². The molecule has 0 saturated carbocycles. The van der Waals surface area contributed by atoms with Crippen LogP contribution in [0.15, 0.2) is 29.1 Å². The van der Waals surface area contributed by atoms with Crippen molar-refractivity contribution in [2.45, 2.75) is 47.1 Å². The van der Waals surface area contributed by atoms with E-state index in [1.54, 1.807) is 25.7 Å². The van der Waals surface area contributed by atoms with Gasteiger partial charge in [-0.15, -0.1) is 0 Å². The minimum Gasteiger partial charge on any atom is -0.277 e. The van der Waals surface area contributed by atoms with Crippen molar-refractivity contribution in [2.24, 2.45) is 0 Å². The molecule has 1 N–H and O–H groups in total. The molecule has 0 unspecified atom stereocenters. The number of aryl methyl sites for hydroxylation is 2. The molecule has 2 heterocycles. The summed E-state index contributed by atoms with van der Waals surface area (Å²) in [7, 11) is 0. The number of carbonyl (C=O) groups is 1. The topological polar surface area (TPSA) is 83.4 Å². The molecule has 136 valence electrons. The third-order valence-electron chi connectivity index (χ3n) is 4.58. The van der Waals surface area contributed by atoms with Gasteiger partial charge < -0.3 is 0 Å². The molecule has 7 nitrogen and oxygen atoms in total. The van der Waals surface area contributed by atoms with Crippen molar-refractivity contribution in [2.75, 3.05) is 4.90 Å². The summed E-state index contributed by atoms with van der Waals surface area (Å²) in [5, 5.41) is 2.93. The lowest BCUT2D eigenvalue weighted by molar-refractivity contribution is -0.118. The highest BCUT2D eigenvalue weighted by Gasteiger charge is 2.20. The van der Waals surface area contributed by atoms with E-state index in [0.717, 1.165) is 12.0 Å². The Bertz CT molecular complexity index is 1000. The van der Waals surface area contributed by atoms with Crippen molar-refractivity contribution in [3.8, 4) is 0 Å². The standard InChI is InChI=1S/C19H23N5O2/c1-5-14-7-9-15(10-8-14)11-23(16(25)6-2)19-21-18-20-13(4)12(3)17(26)24(18)22-19/h7-10H,5-6,11H2,1-4H3,(H,20,21,22). The molecule has 3 aromatic rings. The number of hydrogen-bond donors (Lipinski definition) is 1. The minimum absolute atomic E-state index is 0.0786. The molecule has 0 spiro atoms. The van der Waals surface area contributed by atoms with E-state index in [9.17, 15) is 9.59 Å². The van der Waals surface area contributed by atoms with Crippen LogP contribution in [0.25, 0.3) is 5.78 Å². The first kappa shape index (κ1) is 17.8. The summed E-state index contributed by atoms with van der Waals surface area (Å²) in [6, 6.07) is 8.13. The van der Waals surface area contributed by atoms with E-state index in [2.05, 4.69) is 34.1 Å². The number of aromatic nitrogens is 4. The van der Waals surface area contributed by atoms with E-state index < -0.39 is 0 Å². The summed E-state index contributed by atoms with van der Waals surface area (Å²) < 4.78 is 1.29. The summed E-state index contributed by atoms with van der Waals surface area (Å²) in [4.78, 5) is 35.2. The quantitative estimate of drug-likeness (QED) is 0.764. The van der Waals surface area contributed by atoms with Crippen LogP contribution in [0.5, 0.6) is 0 Å². The molecule has 3 rings (SSSR count). The van der Waals surface area contributed by atoms with Crippen molar-refractivity contribution < 1.29 is 4.79 Å². The van der Waals surface area contributed by atoms with Gasteiger partial charge in [-0.05, 0) is 31.4 Å². The molecule has 0 fully saturated rings. The average molecular weight is 353 g/mol. The number of carbonyl (C=O) groups excluding carboxylic acids is 1. The van der Waals surface area contributed by atoms with Gasteiger partial charge in [-0.25, -0.2) is 4.98 Å². The van der Waals surface area contributed by atoms with Crippen LogP contribution in [0.4, 0.5) is 5.95 Å². The number of hydrogen-bond acceptors (Lipinski definition) is 4. The molecule has 0 aliphatic rings. The molecular formula is C19H23N5O2. The Balaban J connectivity index is 2.02. The number of H-pyrrole nitrogens is 1. The van der Waals surface area contributed by atoms with Gasteiger partial charge in [0.1, 0.15) is 0 Å². The Morgan fingerprint density at radius 2 is 1.77 bits per heavy atom. The van der Waals surface area contributed by atoms with Gasteiger partial charge in [0.15, 0.2) is 0 Å². The predicted molar refractivity (Wildman–Crippen MR) is 100 cm³/mol. The lowest BCUT2D eigenvalue weighted by Gasteiger charge is -2.19. The molecule has 26 heavy (non-hydrogen) atoms. The van der Waals surface area contributed by atoms with Crippen LogP contribution in [0.3, 0.4) is 0 Å². The Morgan fingerprint density at radius 1 is 1.12 bits per heavy atom. The van der Waals surface area contributed by atoms with Gasteiger partial charge in [-0.2, -0.15) is 9.50 Å². The second-order valence-corrected chi connectivity index (χ2v) is 6.31. The van der Waals surface area contributed by atoms with E-state index in [1.165, 1.54) is 10.1 Å². The SMILES string of the molecule is CCC(=O)N(Cc1ccc(CC)cc1)c1nc2nc(C)c(C)c(=O)n2[nH]1. The van der Waals surface area contributed by atoms with Crippen molar-refractivity contribution in [1.82, 2.24) is 19.6 Å². The Hall–Kier alpha value is -2.96. The summed E-state index contributed by atoms with van der Waals surface area (Å²) in [6.07, 6.45) is 1.30. The third kappa shape index (κ3) is 3.24. The molecule has 0 saturated heterocycles. The highest BCUT2D eigenvalue weighted by atomic mass is 16.2. The maximum Gasteiger partial charge on any atom is 0.277 e. The highest BCUT2D eigenvalue weighted by Crippen LogP contribution is 2.16. The first-order valence-electron chi connectivity index (χ1n) is 8.78. The zero-order valence-corrected chi connectivity index (χ0v) is 15.5. The fraction of sp³-hybridized carbons (Fsp3) is 0.368. The number of fused-ring (bicyclic) bond motifs is 1. The van der Waals surface area contributed by atoms with Crippen molar-refractivity contribution in [1.29, 1.82) is 0 Å². The first-order chi connectivity index (χ1) is 12.4. The van der Waals surface area contributed by atoms with Crippen molar-refractivity contribution >= 4 is 17.6 Å². The summed E-state index contributed by atoms with van der Waals surface area (Å²) >= 11 is 0. The second kappa shape index (κ2) is 7.11. The fourth-order valence-electron chi connectivity index (χ4n) is 2.75. The highest BCUT2D eigenvalue weighted by molar-refractivity contribution is 5.91. The summed E-state index contributed by atoms with van der Waals surface area (Å²) in [5.41, 5.74) is 3.23. The minimum atomic E-state index is -0.206. The van der Waals surface area contributed by atoms with Gasteiger partial charge in [0, 0.05) is 17.7 Å². The van der Waals surface area contributed by atoms with E-state index in [-0.39, 0.29) is 17.2 Å². The van der Waals surface area contributed by atoms with E-state index in [0.29, 0.717) is 30.2 Å². The zero-order valence-electron chi connectivity index (χ0n) is 15.5. The van der Waals surface area contributed by atoms with E-state index in [4.69, 9.17) is 0 Å². The monoisotopic (exact) mass is 353 g/mol. The molecule has 0 aliphatic carbocycles. The molecular weight excluding hydrogens is 330 g/mol. The lowest BCUT2D eigenvalue weighted by Crippen LogP contribution is -2.31. The van der Waals surface area contributed by atoms with Gasteiger partial charge in [-0.3, -0.25) is 19.6 Å². The predicted octanol–water partition coefficient (Wildman–Crippen LogP) is 2.54. The van der Waals surface area contributed by atoms with Crippen LogP contribution in [0.2, 0.25) is 0 Å². The molecule has 1 amide bonds. The molecule has 1 aromatic carbocycles. The number of amides is 1. The Morgan fingerprint density at radius 3 is 2.38 bits per heavy atom. The van der Waals surface area contributed by atoms with Crippen molar-refractivity contribution in [3.63, 3.8) is 0 Å². The average Bonchev–Trinajstić information content (AvgIpc) is 3.07. The molecule has 0 aliphatic heterocycles. The number of benzene rings is 1. The Kier molecular flexibility index (Phi) is 4.88. The van der Waals surface area contributed by atoms with Crippen LogP contribution in [-0.2, 0) is 17.8 Å². The molecule has 0 atom stereocenters. The first-order valence-corrected chi connectivity index (χ1v) is 8.78. The van der Waals surface area contributed by atoms with Crippen molar-refractivity contribution in [3.05, 3.63) is 57.0 Å². The number of anilines is 1. The van der Waals surface area contributed by atoms with Crippen LogP contribution in [0.1, 0.15) is 42.7 Å². The van der Waals surface area contributed by atoms with Gasteiger partial charge in [0.2, 0.25) is 11.9 Å². The maximum absolute atomic E-state index is 12.5. The maximum atomic E-state index is 12.5. The van der Waals surface area contributed by atoms with Gasteiger partial charge in [-0.1, -0.05) is 38.1 Å². The van der Waals surface area contributed by atoms with Gasteiger partial charge in [0.05, 0.1) is 6.54 Å². The van der Waals surface area contributed by atoms with E-state index in [1.807, 2.05) is 12.1 Å². The molecule has 0 bridgehead atoms. The van der Waals surface area contributed by atoms with Crippen LogP contribution >= 0.6 is 0 Å². The number of nitrogens with zero attached hydrogens (tertiary/aromatic N) is 4. The number of nitrogens with one attached hydrogen (secondary N) is 1. The largest absolute Gasteiger partial charge is 0.277 e. The lowest BCUT2D eigenvalue weighted by atomic mass is 10.1. The molecule has 0 radical (unpaired) electrons. The zero-order chi connectivity index (χ0) is 18.8. The second-order valence-electron chi connectivity index (χ2n) is 6.31. The van der Waals surface area contributed by atoms with Crippen LogP contribution in [-0.4, -0.2) is 25.5 Å². The third-order valence-corrected chi connectivity index (χ3v) is 4.58. The van der Waals surface area contributed by atoms with Crippen LogP contribution in [0, 0.1) is 13.8 Å². The normalized spacial score (nSPS) is 11.1. The summed E-state index contributed by atoms with van der Waals surface area (Å²) in [6.45, 7) is 7.78. The number of aromatic amines is 1. The summed E-state index contributed by atoms with van der Waals surface area (Å²) in [5.74, 6) is 0.513. The molecule has 7 heteroatoms. The Labute approximate surface area is 151 Å². The van der Waals surface area contributed by atoms with Gasteiger partial charge >= 0.3 is 0 Å². The smallest absolute Gasteiger partial charge is 0.277 e. The number of rotatable bonds is 5. The van der Waals surface area contributed by atoms with Gasteiger partial charge in [0.25, 0.3) is 11.3 Å². The fourth-order valence-corrected chi connectivity index (χ4v) is 2.75. The van der Waals surface area contributed by atoms with Crippen LogP contribution < -0.4 is 10.5 Å².